The summed E-state index contributed by atoms with van der Waals surface area (Å²) in [7, 11) is 0. The van der Waals surface area contributed by atoms with E-state index in [1.807, 2.05) is 11.8 Å². The first kappa shape index (κ1) is 18.2. The van der Waals surface area contributed by atoms with E-state index in [-0.39, 0.29) is 11.9 Å². The SMILES string of the molecule is Cc1noc(C2CCN(C(=O)NCCO[C@H]3CCCC[C@H]3C)CC2)n1. The van der Waals surface area contributed by atoms with Gasteiger partial charge in [0.2, 0.25) is 5.89 Å². The molecule has 2 amide bonds. The Morgan fingerprint density at radius 1 is 1.28 bits per heavy atom. The molecule has 1 aromatic rings. The number of urea groups is 1. The summed E-state index contributed by atoms with van der Waals surface area (Å²) < 4.78 is 11.2. The standard InChI is InChI=1S/C18H30N4O3/c1-13-5-3-4-6-16(13)24-12-9-19-18(23)22-10-7-15(8-11-22)17-20-14(2)21-25-17/h13,15-16H,3-12H2,1-2H3,(H,19,23)/t13-,16+/m1/s1. The van der Waals surface area contributed by atoms with Crippen LogP contribution in [0.3, 0.4) is 0 Å². The van der Waals surface area contributed by atoms with E-state index < -0.39 is 0 Å². The molecule has 1 N–H and O–H groups in total. The Balaban J connectivity index is 1.32. The second-order valence-electron chi connectivity index (χ2n) is 7.34. The highest BCUT2D eigenvalue weighted by molar-refractivity contribution is 5.74. The molecule has 7 nitrogen and oxygen atoms in total. The van der Waals surface area contributed by atoms with Crippen LogP contribution in [0.4, 0.5) is 4.79 Å². The molecule has 0 bridgehead atoms. The van der Waals surface area contributed by atoms with Crippen molar-refractivity contribution in [2.24, 2.45) is 5.92 Å². The van der Waals surface area contributed by atoms with Crippen LogP contribution in [0.2, 0.25) is 0 Å². The number of hydrogen-bond acceptors (Lipinski definition) is 5. The maximum Gasteiger partial charge on any atom is 0.317 e. The molecule has 2 fully saturated rings. The van der Waals surface area contributed by atoms with Crippen LogP contribution in [-0.2, 0) is 4.74 Å². The highest BCUT2D eigenvalue weighted by atomic mass is 16.5. The molecular formula is C18H30N4O3. The van der Waals surface area contributed by atoms with Crippen molar-refractivity contribution in [2.75, 3.05) is 26.2 Å². The van der Waals surface area contributed by atoms with Gasteiger partial charge in [-0.15, -0.1) is 0 Å². The van der Waals surface area contributed by atoms with Crippen molar-refractivity contribution >= 4 is 6.03 Å². The number of likely N-dealkylation sites (tertiary alicyclic amines) is 1. The third kappa shape index (κ3) is 4.93. The Bertz CT molecular complexity index is 554. The Kier molecular flexibility index (Phi) is 6.29. The van der Waals surface area contributed by atoms with Gasteiger partial charge in [0.25, 0.3) is 0 Å². The molecule has 0 unspecified atom stereocenters. The van der Waals surface area contributed by atoms with Gasteiger partial charge in [0.05, 0.1) is 12.7 Å². The van der Waals surface area contributed by atoms with Crippen LogP contribution in [0, 0.1) is 12.8 Å². The van der Waals surface area contributed by atoms with E-state index >= 15 is 0 Å². The average Bonchev–Trinajstić information content (AvgIpc) is 3.06. The van der Waals surface area contributed by atoms with Crippen molar-refractivity contribution in [3.8, 4) is 0 Å². The first-order valence-corrected chi connectivity index (χ1v) is 9.58. The molecule has 7 heteroatoms. The summed E-state index contributed by atoms with van der Waals surface area (Å²) in [6.45, 7) is 6.70. The lowest BCUT2D eigenvalue weighted by Gasteiger charge is -2.31. The van der Waals surface area contributed by atoms with Crippen molar-refractivity contribution < 1.29 is 14.1 Å². The average molecular weight is 350 g/mol. The van der Waals surface area contributed by atoms with Gasteiger partial charge in [-0.3, -0.25) is 0 Å². The number of amides is 2. The molecule has 0 aromatic carbocycles. The number of aromatic nitrogens is 2. The molecule has 1 saturated heterocycles. The van der Waals surface area contributed by atoms with Crippen molar-refractivity contribution in [3.05, 3.63) is 11.7 Å². The van der Waals surface area contributed by atoms with E-state index in [0.29, 0.717) is 36.9 Å². The number of aryl methyl sites for hydroxylation is 1. The lowest BCUT2D eigenvalue weighted by molar-refractivity contribution is -0.00277. The van der Waals surface area contributed by atoms with E-state index in [4.69, 9.17) is 9.26 Å². The van der Waals surface area contributed by atoms with Crippen LogP contribution in [0.1, 0.15) is 63.1 Å². The Hall–Kier alpha value is -1.63. The van der Waals surface area contributed by atoms with Gasteiger partial charge in [0, 0.05) is 25.6 Å². The summed E-state index contributed by atoms with van der Waals surface area (Å²) in [6.07, 6.45) is 7.08. The summed E-state index contributed by atoms with van der Waals surface area (Å²) in [5, 5.41) is 6.82. The second kappa shape index (κ2) is 8.65. The van der Waals surface area contributed by atoms with Crippen LogP contribution < -0.4 is 5.32 Å². The number of nitrogens with zero attached hydrogens (tertiary/aromatic N) is 3. The van der Waals surface area contributed by atoms with Gasteiger partial charge in [-0.25, -0.2) is 4.79 Å². The van der Waals surface area contributed by atoms with Gasteiger partial charge in [-0.05, 0) is 38.5 Å². The summed E-state index contributed by atoms with van der Waals surface area (Å²) in [5.41, 5.74) is 0. The molecule has 140 valence electrons. The predicted molar refractivity (Wildman–Crippen MR) is 93.4 cm³/mol. The number of rotatable bonds is 5. The lowest BCUT2D eigenvalue weighted by Crippen LogP contribution is -2.45. The van der Waals surface area contributed by atoms with Gasteiger partial charge >= 0.3 is 6.03 Å². The second-order valence-corrected chi connectivity index (χ2v) is 7.34. The van der Waals surface area contributed by atoms with Crippen LogP contribution in [-0.4, -0.2) is 53.4 Å². The van der Waals surface area contributed by atoms with Crippen molar-refractivity contribution in [2.45, 2.75) is 64.4 Å². The molecule has 0 spiro atoms. The Labute approximate surface area is 149 Å². The number of ether oxygens (including phenoxy) is 1. The maximum absolute atomic E-state index is 12.3. The topological polar surface area (TPSA) is 80.5 Å². The zero-order chi connectivity index (χ0) is 17.6. The Morgan fingerprint density at radius 2 is 2.04 bits per heavy atom. The molecule has 1 aliphatic carbocycles. The van der Waals surface area contributed by atoms with E-state index in [2.05, 4.69) is 22.4 Å². The van der Waals surface area contributed by atoms with Crippen molar-refractivity contribution in [1.82, 2.24) is 20.4 Å². The summed E-state index contributed by atoms with van der Waals surface area (Å²) >= 11 is 0. The van der Waals surface area contributed by atoms with Gasteiger partial charge < -0.3 is 19.5 Å². The van der Waals surface area contributed by atoms with Gasteiger partial charge in [-0.2, -0.15) is 4.98 Å². The number of carbonyl (C=O) groups is 1. The van der Waals surface area contributed by atoms with Gasteiger partial charge in [0.1, 0.15) is 0 Å². The summed E-state index contributed by atoms with van der Waals surface area (Å²) in [5.74, 6) is 2.27. The zero-order valence-corrected chi connectivity index (χ0v) is 15.4. The lowest BCUT2D eigenvalue weighted by atomic mass is 9.88. The van der Waals surface area contributed by atoms with E-state index in [0.717, 1.165) is 32.4 Å². The number of carbonyl (C=O) groups excluding carboxylic acids is 1. The maximum atomic E-state index is 12.3. The minimum absolute atomic E-state index is 0.000419. The third-order valence-electron chi connectivity index (χ3n) is 5.42. The van der Waals surface area contributed by atoms with E-state index in [1.165, 1.54) is 19.3 Å². The molecule has 0 radical (unpaired) electrons. The zero-order valence-electron chi connectivity index (χ0n) is 15.4. The summed E-state index contributed by atoms with van der Waals surface area (Å²) in [6, 6.07) is 0.000419. The highest BCUT2D eigenvalue weighted by Gasteiger charge is 2.27. The van der Waals surface area contributed by atoms with Gasteiger partial charge in [0.15, 0.2) is 5.82 Å². The molecule has 2 atom stereocenters. The molecule has 2 aliphatic rings. The fourth-order valence-electron chi connectivity index (χ4n) is 3.82. The fraction of sp³-hybridized carbons (Fsp3) is 0.833. The number of hydrogen-bond donors (Lipinski definition) is 1. The first-order valence-electron chi connectivity index (χ1n) is 9.58. The normalized spacial score (nSPS) is 25.1. The number of nitrogens with one attached hydrogen (secondary N) is 1. The van der Waals surface area contributed by atoms with Crippen molar-refractivity contribution in [3.63, 3.8) is 0 Å². The molecule has 2 heterocycles. The summed E-state index contributed by atoms with van der Waals surface area (Å²) in [4.78, 5) is 18.4. The van der Waals surface area contributed by atoms with Crippen LogP contribution >= 0.6 is 0 Å². The smallest absolute Gasteiger partial charge is 0.317 e. The van der Waals surface area contributed by atoms with Crippen LogP contribution in [0.15, 0.2) is 4.52 Å². The molecule has 25 heavy (non-hydrogen) atoms. The molecular weight excluding hydrogens is 320 g/mol. The molecule has 1 saturated carbocycles. The van der Waals surface area contributed by atoms with Crippen LogP contribution in [0.5, 0.6) is 0 Å². The minimum Gasteiger partial charge on any atom is -0.376 e. The van der Waals surface area contributed by atoms with Gasteiger partial charge in [-0.1, -0.05) is 24.9 Å². The third-order valence-corrected chi connectivity index (χ3v) is 5.42. The van der Waals surface area contributed by atoms with E-state index in [1.54, 1.807) is 0 Å². The predicted octanol–water partition coefficient (Wildman–Crippen LogP) is 2.86. The minimum atomic E-state index is 0.000419. The largest absolute Gasteiger partial charge is 0.376 e. The van der Waals surface area contributed by atoms with Crippen molar-refractivity contribution in [1.29, 1.82) is 0 Å². The van der Waals surface area contributed by atoms with Crippen LogP contribution in [0.25, 0.3) is 0 Å². The fourth-order valence-corrected chi connectivity index (χ4v) is 3.82. The monoisotopic (exact) mass is 350 g/mol. The number of piperidine rings is 1. The first-order chi connectivity index (χ1) is 12.1. The molecule has 3 rings (SSSR count). The molecule has 1 aromatic heterocycles. The quantitative estimate of drug-likeness (QED) is 0.826. The highest BCUT2D eigenvalue weighted by Crippen LogP contribution is 2.27. The molecule has 1 aliphatic heterocycles. The van der Waals surface area contributed by atoms with E-state index in [9.17, 15) is 4.79 Å². The Morgan fingerprint density at radius 3 is 2.72 bits per heavy atom.